The van der Waals surface area contributed by atoms with Gasteiger partial charge in [-0.1, -0.05) is 51.8 Å². The van der Waals surface area contributed by atoms with Crippen molar-refractivity contribution < 1.29 is 39.2 Å². The van der Waals surface area contributed by atoms with Crippen LogP contribution in [-0.2, 0) is 32.0 Å². The van der Waals surface area contributed by atoms with Crippen LogP contribution in [0.4, 0.5) is 0 Å². The SMILES string of the molecule is COc1cc(Br)cc(C2C3=CCC4C(=O)N(CCc5ccc(O)cc5)C(=O)C4C3CC3C(=O)N(CCc4ccc(O)cc4)C(=O)C32)c1O. The molecule has 4 amide bonds. The van der Waals surface area contributed by atoms with Crippen molar-refractivity contribution in [1.29, 1.82) is 0 Å². The van der Waals surface area contributed by atoms with Crippen molar-refractivity contribution in [1.82, 2.24) is 9.80 Å². The Bertz CT molecular complexity index is 1840. The van der Waals surface area contributed by atoms with Crippen molar-refractivity contribution >= 4 is 39.6 Å². The zero-order valence-electron chi connectivity index (χ0n) is 26.2. The molecule has 248 valence electrons. The highest BCUT2D eigenvalue weighted by Gasteiger charge is 2.62. The Morgan fingerprint density at radius 3 is 1.83 bits per heavy atom. The van der Waals surface area contributed by atoms with Gasteiger partial charge < -0.3 is 20.1 Å². The Balaban J connectivity index is 1.23. The lowest BCUT2D eigenvalue weighted by atomic mass is 9.57. The van der Waals surface area contributed by atoms with E-state index < -0.39 is 35.5 Å². The number of hydrogen-bond acceptors (Lipinski definition) is 8. The summed E-state index contributed by atoms with van der Waals surface area (Å²) in [6.07, 6.45) is 3.33. The average molecular weight is 716 g/mol. The molecule has 0 bridgehead atoms. The average Bonchev–Trinajstić information content (AvgIpc) is 3.47. The fraction of sp³-hybridized carbons (Fsp3) is 0.351. The molecule has 10 nitrogen and oxygen atoms in total. The summed E-state index contributed by atoms with van der Waals surface area (Å²) in [4.78, 5) is 58.8. The molecule has 2 aliphatic heterocycles. The minimum Gasteiger partial charge on any atom is -0.508 e. The van der Waals surface area contributed by atoms with Gasteiger partial charge in [0.1, 0.15) is 11.5 Å². The van der Waals surface area contributed by atoms with Gasteiger partial charge in [0, 0.05) is 29.0 Å². The predicted octanol–water partition coefficient (Wildman–Crippen LogP) is 4.70. The van der Waals surface area contributed by atoms with Crippen molar-refractivity contribution in [3.05, 3.63) is 93.5 Å². The van der Waals surface area contributed by atoms with Crippen LogP contribution in [0.3, 0.4) is 0 Å². The van der Waals surface area contributed by atoms with Gasteiger partial charge in [-0.25, -0.2) is 0 Å². The molecule has 3 aromatic carbocycles. The molecule has 2 saturated heterocycles. The van der Waals surface area contributed by atoms with E-state index in [9.17, 15) is 34.5 Å². The number of phenols is 3. The number of amides is 4. The number of aromatic hydroxyl groups is 3. The Morgan fingerprint density at radius 2 is 1.27 bits per heavy atom. The first-order valence-electron chi connectivity index (χ1n) is 16.1. The number of hydrogen-bond donors (Lipinski definition) is 3. The second-order valence-electron chi connectivity index (χ2n) is 13.1. The van der Waals surface area contributed by atoms with E-state index in [4.69, 9.17) is 4.74 Å². The molecule has 2 aliphatic carbocycles. The van der Waals surface area contributed by atoms with E-state index >= 15 is 0 Å². The van der Waals surface area contributed by atoms with Crippen LogP contribution in [0.15, 0.2) is 76.8 Å². The number of imide groups is 2. The fourth-order valence-electron chi connectivity index (χ4n) is 8.30. The number of phenolic OH excluding ortho intramolecular Hbond substituents is 3. The highest BCUT2D eigenvalue weighted by Crippen LogP contribution is 2.59. The number of benzene rings is 3. The molecule has 11 heteroatoms. The monoisotopic (exact) mass is 714 g/mol. The van der Waals surface area contributed by atoms with Crippen LogP contribution in [0, 0.1) is 29.6 Å². The highest BCUT2D eigenvalue weighted by atomic mass is 79.9. The summed E-state index contributed by atoms with van der Waals surface area (Å²) in [5.74, 6) is -4.88. The van der Waals surface area contributed by atoms with E-state index in [1.54, 1.807) is 60.7 Å². The van der Waals surface area contributed by atoms with E-state index in [-0.39, 0.29) is 66.1 Å². The van der Waals surface area contributed by atoms with Gasteiger partial charge in [-0.3, -0.25) is 29.0 Å². The van der Waals surface area contributed by atoms with E-state index in [0.717, 1.165) is 16.7 Å². The molecule has 4 aliphatic rings. The summed E-state index contributed by atoms with van der Waals surface area (Å²) in [7, 11) is 1.44. The number of carbonyl (C=O) groups is 4. The molecule has 1 saturated carbocycles. The molecule has 7 rings (SSSR count). The van der Waals surface area contributed by atoms with Crippen LogP contribution in [0.25, 0.3) is 0 Å². The van der Waals surface area contributed by atoms with Gasteiger partial charge in [-0.05, 0) is 79.1 Å². The standard InChI is InChI=1S/C37H35BrN2O8/c1-48-29-17-21(38)16-27(33(29)43)30-24-10-11-25-31(36(46)39(34(25)44)14-12-19-2-6-22(41)7-3-19)26(24)18-28-32(30)37(47)40(35(28)45)15-13-20-4-8-23(42)9-5-20/h2-10,16-17,25-26,28,30-32,41-43H,11-15,18H2,1H3. The number of methoxy groups -OCH3 is 1. The molecular formula is C37H35BrN2O8. The number of ether oxygens (including phenoxy) is 1. The molecule has 6 unspecified atom stereocenters. The Kier molecular flexibility index (Phi) is 8.27. The maximum Gasteiger partial charge on any atom is 0.234 e. The van der Waals surface area contributed by atoms with Crippen LogP contribution >= 0.6 is 15.9 Å². The van der Waals surface area contributed by atoms with Crippen LogP contribution in [0.5, 0.6) is 23.0 Å². The zero-order valence-corrected chi connectivity index (χ0v) is 27.8. The summed E-state index contributed by atoms with van der Waals surface area (Å²) in [5, 5.41) is 30.7. The lowest BCUT2D eigenvalue weighted by Gasteiger charge is -2.44. The first kappa shape index (κ1) is 31.9. The van der Waals surface area contributed by atoms with Crippen molar-refractivity contribution in [2.75, 3.05) is 20.2 Å². The molecule has 0 spiro atoms. The second kappa shape index (κ2) is 12.4. The van der Waals surface area contributed by atoms with Crippen LogP contribution < -0.4 is 4.74 Å². The molecular weight excluding hydrogens is 680 g/mol. The van der Waals surface area contributed by atoms with Crippen molar-refractivity contribution in [3.8, 4) is 23.0 Å². The maximum atomic E-state index is 14.2. The predicted molar refractivity (Wildman–Crippen MR) is 177 cm³/mol. The third kappa shape index (κ3) is 5.34. The van der Waals surface area contributed by atoms with E-state index in [2.05, 4.69) is 15.9 Å². The van der Waals surface area contributed by atoms with Crippen molar-refractivity contribution in [2.45, 2.75) is 31.6 Å². The molecule has 3 N–H and O–H groups in total. The summed E-state index contributed by atoms with van der Waals surface area (Å²) in [6, 6.07) is 16.6. The van der Waals surface area contributed by atoms with Crippen LogP contribution in [0.2, 0.25) is 0 Å². The number of rotatable bonds is 8. The molecule has 6 atom stereocenters. The topological polar surface area (TPSA) is 145 Å². The second-order valence-corrected chi connectivity index (χ2v) is 14.0. The molecule has 3 aromatic rings. The number of fused-ring (bicyclic) bond motifs is 4. The summed E-state index contributed by atoms with van der Waals surface area (Å²) < 4.78 is 6.07. The Hall–Kier alpha value is -4.64. The summed E-state index contributed by atoms with van der Waals surface area (Å²) in [6.45, 7) is 0.340. The van der Waals surface area contributed by atoms with Crippen LogP contribution in [-0.4, -0.2) is 68.9 Å². The van der Waals surface area contributed by atoms with Gasteiger partial charge in [0.2, 0.25) is 23.6 Å². The first-order valence-corrected chi connectivity index (χ1v) is 16.9. The van der Waals surface area contributed by atoms with Crippen molar-refractivity contribution in [2.24, 2.45) is 29.6 Å². The third-order valence-electron chi connectivity index (χ3n) is 10.6. The molecule has 0 aromatic heterocycles. The summed E-state index contributed by atoms with van der Waals surface area (Å²) in [5.41, 5.74) is 2.95. The smallest absolute Gasteiger partial charge is 0.234 e. The fourth-order valence-corrected chi connectivity index (χ4v) is 8.76. The molecule has 0 radical (unpaired) electrons. The number of halogens is 1. The molecule has 48 heavy (non-hydrogen) atoms. The number of nitrogens with zero attached hydrogens (tertiary/aromatic N) is 2. The van der Waals surface area contributed by atoms with Crippen molar-refractivity contribution in [3.63, 3.8) is 0 Å². The lowest BCUT2D eigenvalue weighted by molar-refractivity contribution is -0.142. The van der Waals surface area contributed by atoms with Gasteiger partial charge in [0.15, 0.2) is 11.5 Å². The number of carbonyl (C=O) groups excluding carboxylic acids is 4. The van der Waals surface area contributed by atoms with E-state index in [0.29, 0.717) is 29.3 Å². The van der Waals surface area contributed by atoms with Gasteiger partial charge in [-0.2, -0.15) is 0 Å². The highest BCUT2D eigenvalue weighted by molar-refractivity contribution is 9.10. The maximum absolute atomic E-state index is 14.2. The lowest BCUT2D eigenvalue weighted by Crippen LogP contribution is -2.43. The minimum absolute atomic E-state index is 0.123. The zero-order chi connectivity index (χ0) is 33.9. The first-order chi connectivity index (χ1) is 23.1. The number of likely N-dealkylation sites (tertiary alicyclic amines) is 2. The summed E-state index contributed by atoms with van der Waals surface area (Å²) >= 11 is 3.51. The van der Waals surface area contributed by atoms with Gasteiger partial charge >= 0.3 is 0 Å². The quantitative estimate of drug-likeness (QED) is 0.225. The van der Waals surface area contributed by atoms with Gasteiger partial charge in [-0.15, -0.1) is 0 Å². The minimum atomic E-state index is -0.806. The molecule has 2 heterocycles. The third-order valence-corrected chi connectivity index (χ3v) is 11.0. The Labute approximate surface area is 285 Å². The largest absolute Gasteiger partial charge is 0.508 e. The van der Waals surface area contributed by atoms with E-state index in [1.807, 2.05) is 6.08 Å². The van der Waals surface area contributed by atoms with E-state index in [1.165, 1.54) is 16.9 Å². The Morgan fingerprint density at radius 1 is 0.729 bits per heavy atom. The number of allylic oxidation sites excluding steroid dienone is 2. The normalized spacial score (nSPS) is 26.3. The van der Waals surface area contributed by atoms with Gasteiger partial charge in [0.25, 0.3) is 0 Å². The van der Waals surface area contributed by atoms with Gasteiger partial charge in [0.05, 0.1) is 30.8 Å². The molecule has 3 fully saturated rings. The van der Waals surface area contributed by atoms with Crippen LogP contribution in [0.1, 0.15) is 35.4 Å².